The summed E-state index contributed by atoms with van der Waals surface area (Å²) in [4.78, 5) is 4.28. The van der Waals surface area contributed by atoms with Crippen LogP contribution in [-0.4, -0.2) is 12.0 Å². The van der Waals surface area contributed by atoms with Gasteiger partial charge in [0.2, 0.25) is 0 Å². The molecule has 1 fully saturated rings. The number of rotatable bonds is 3. The summed E-state index contributed by atoms with van der Waals surface area (Å²) in [6, 6.07) is 5.63. The molecule has 4 heteroatoms. The van der Waals surface area contributed by atoms with Gasteiger partial charge in [0.05, 0.1) is 6.54 Å². The third kappa shape index (κ3) is 4.23. The fourth-order valence-electron chi connectivity index (χ4n) is 2.41. The quantitative estimate of drug-likeness (QED) is 0.651. The van der Waals surface area contributed by atoms with E-state index in [9.17, 15) is 4.39 Å². The van der Waals surface area contributed by atoms with Crippen molar-refractivity contribution in [2.75, 3.05) is 0 Å². The molecule has 1 aliphatic carbocycles. The van der Waals surface area contributed by atoms with Crippen LogP contribution in [0.1, 0.15) is 43.2 Å². The third-order valence-electron chi connectivity index (χ3n) is 3.63. The predicted octanol–water partition coefficient (Wildman–Crippen LogP) is 2.87. The smallest absolute Gasteiger partial charge is 0.189 e. The van der Waals surface area contributed by atoms with Crippen molar-refractivity contribution < 1.29 is 4.39 Å². The highest BCUT2D eigenvalue weighted by Gasteiger charge is 2.13. The molecule has 1 aliphatic rings. The van der Waals surface area contributed by atoms with Crippen molar-refractivity contribution in [3.63, 3.8) is 0 Å². The van der Waals surface area contributed by atoms with Crippen molar-refractivity contribution in [1.29, 1.82) is 0 Å². The Morgan fingerprint density at radius 2 is 2.11 bits per heavy atom. The molecule has 0 unspecified atom stereocenters. The van der Waals surface area contributed by atoms with Gasteiger partial charge in [0.1, 0.15) is 5.82 Å². The van der Waals surface area contributed by atoms with Gasteiger partial charge in [0.25, 0.3) is 0 Å². The van der Waals surface area contributed by atoms with Crippen LogP contribution in [0.15, 0.2) is 23.2 Å². The van der Waals surface area contributed by atoms with E-state index in [-0.39, 0.29) is 5.82 Å². The molecule has 0 heterocycles. The van der Waals surface area contributed by atoms with E-state index in [0.717, 1.165) is 18.4 Å². The largest absolute Gasteiger partial charge is 0.370 e. The van der Waals surface area contributed by atoms with Crippen LogP contribution in [0.2, 0.25) is 0 Å². The third-order valence-corrected chi connectivity index (χ3v) is 3.63. The van der Waals surface area contributed by atoms with E-state index in [1.165, 1.54) is 25.3 Å². The van der Waals surface area contributed by atoms with Crippen LogP contribution >= 0.6 is 0 Å². The number of hydrogen-bond acceptors (Lipinski definition) is 1. The van der Waals surface area contributed by atoms with Gasteiger partial charge in [0.15, 0.2) is 5.96 Å². The van der Waals surface area contributed by atoms with Crippen LogP contribution in [-0.2, 0) is 6.54 Å². The maximum atomic E-state index is 13.4. The summed E-state index contributed by atoms with van der Waals surface area (Å²) in [6.07, 6.45) is 6.16. The molecular weight excluding hydrogens is 241 g/mol. The van der Waals surface area contributed by atoms with Crippen LogP contribution < -0.4 is 11.1 Å². The minimum atomic E-state index is -0.188. The molecule has 104 valence electrons. The zero-order valence-electron chi connectivity index (χ0n) is 11.5. The van der Waals surface area contributed by atoms with Crippen molar-refractivity contribution in [3.05, 3.63) is 35.1 Å². The lowest BCUT2D eigenvalue weighted by molar-refractivity contribution is 0.412. The van der Waals surface area contributed by atoms with E-state index in [4.69, 9.17) is 5.73 Å². The lowest BCUT2D eigenvalue weighted by Crippen LogP contribution is -2.41. The average Bonchev–Trinajstić information content (AvgIpc) is 2.41. The van der Waals surface area contributed by atoms with E-state index < -0.39 is 0 Å². The number of nitrogens with zero attached hydrogens (tertiary/aromatic N) is 1. The molecule has 0 aromatic heterocycles. The first kappa shape index (κ1) is 13.8. The number of nitrogens with one attached hydrogen (secondary N) is 1. The highest BCUT2D eigenvalue weighted by atomic mass is 19.1. The topological polar surface area (TPSA) is 50.4 Å². The monoisotopic (exact) mass is 263 g/mol. The lowest BCUT2D eigenvalue weighted by atomic mass is 9.96. The molecule has 1 saturated carbocycles. The second-order valence-corrected chi connectivity index (χ2v) is 5.26. The van der Waals surface area contributed by atoms with Gasteiger partial charge in [-0.1, -0.05) is 31.4 Å². The first-order valence-corrected chi connectivity index (χ1v) is 6.96. The molecule has 3 N–H and O–H groups in total. The number of benzene rings is 1. The minimum Gasteiger partial charge on any atom is -0.370 e. The molecule has 0 amide bonds. The van der Waals surface area contributed by atoms with Gasteiger partial charge in [0, 0.05) is 6.04 Å². The number of nitrogens with two attached hydrogens (primary N) is 1. The van der Waals surface area contributed by atoms with Crippen LogP contribution in [0.25, 0.3) is 0 Å². The van der Waals surface area contributed by atoms with Crippen LogP contribution in [0.3, 0.4) is 0 Å². The molecule has 0 spiro atoms. The summed E-state index contributed by atoms with van der Waals surface area (Å²) in [7, 11) is 0. The Labute approximate surface area is 114 Å². The number of hydrogen-bond donors (Lipinski definition) is 2. The molecule has 0 aliphatic heterocycles. The van der Waals surface area contributed by atoms with Gasteiger partial charge in [-0.05, 0) is 37.0 Å². The predicted molar refractivity (Wildman–Crippen MR) is 76.5 cm³/mol. The van der Waals surface area contributed by atoms with Gasteiger partial charge in [-0.15, -0.1) is 0 Å². The number of guanidine groups is 1. The van der Waals surface area contributed by atoms with Gasteiger partial charge in [-0.25, -0.2) is 9.38 Å². The van der Waals surface area contributed by atoms with E-state index in [2.05, 4.69) is 10.3 Å². The van der Waals surface area contributed by atoms with E-state index in [1.807, 2.05) is 6.07 Å². The molecule has 0 radical (unpaired) electrons. The summed E-state index contributed by atoms with van der Waals surface area (Å²) in [5.41, 5.74) is 7.36. The van der Waals surface area contributed by atoms with Crippen molar-refractivity contribution >= 4 is 5.96 Å². The average molecular weight is 263 g/mol. The zero-order chi connectivity index (χ0) is 13.7. The molecular formula is C15H22FN3. The normalized spacial score (nSPS) is 17.5. The molecule has 0 bridgehead atoms. The Kier molecular flexibility index (Phi) is 4.77. The fourth-order valence-corrected chi connectivity index (χ4v) is 2.41. The molecule has 2 rings (SSSR count). The molecule has 0 atom stereocenters. The first-order chi connectivity index (χ1) is 9.15. The van der Waals surface area contributed by atoms with Crippen molar-refractivity contribution in [3.8, 4) is 0 Å². The number of halogens is 1. The summed E-state index contributed by atoms with van der Waals surface area (Å²) >= 11 is 0. The molecule has 19 heavy (non-hydrogen) atoms. The van der Waals surface area contributed by atoms with Gasteiger partial charge < -0.3 is 11.1 Å². The molecule has 3 nitrogen and oxygen atoms in total. The molecule has 0 saturated heterocycles. The fraction of sp³-hybridized carbons (Fsp3) is 0.533. The molecule has 1 aromatic carbocycles. The highest BCUT2D eigenvalue weighted by Crippen LogP contribution is 2.17. The summed E-state index contributed by atoms with van der Waals surface area (Å²) in [5, 5.41) is 3.25. The van der Waals surface area contributed by atoms with Crippen molar-refractivity contribution in [2.45, 2.75) is 51.6 Å². The van der Waals surface area contributed by atoms with Gasteiger partial charge >= 0.3 is 0 Å². The Balaban J connectivity index is 1.87. The Bertz CT molecular complexity index is 451. The second-order valence-electron chi connectivity index (χ2n) is 5.26. The number of aliphatic imine (C=N–C) groups is 1. The van der Waals surface area contributed by atoms with Crippen molar-refractivity contribution in [1.82, 2.24) is 5.32 Å². The van der Waals surface area contributed by atoms with E-state index in [0.29, 0.717) is 24.1 Å². The summed E-state index contributed by atoms with van der Waals surface area (Å²) in [6.45, 7) is 2.17. The summed E-state index contributed by atoms with van der Waals surface area (Å²) in [5.74, 6) is 0.277. The number of aryl methyl sites for hydroxylation is 1. The SMILES string of the molecule is Cc1ccc(CN=C(N)NC2CCCCC2)cc1F. The van der Waals surface area contributed by atoms with Gasteiger partial charge in [-0.3, -0.25) is 0 Å². The zero-order valence-corrected chi connectivity index (χ0v) is 11.5. The Morgan fingerprint density at radius 3 is 2.79 bits per heavy atom. The van der Waals surface area contributed by atoms with E-state index >= 15 is 0 Å². The maximum absolute atomic E-state index is 13.4. The highest BCUT2D eigenvalue weighted by molar-refractivity contribution is 5.78. The first-order valence-electron chi connectivity index (χ1n) is 6.96. The maximum Gasteiger partial charge on any atom is 0.189 e. The van der Waals surface area contributed by atoms with E-state index in [1.54, 1.807) is 13.0 Å². The van der Waals surface area contributed by atoms with Gasteiger partial charge in [-0.2, -0.15) is 0 Å². The minimum absolute atomic E-state index is 0.188. The van der Waals surface area contributed by atoms with Crippen LogP contribution in [0.5, 0.6) is 0 Å². The lowest BCUT2D eigenvalue weighted by Gasteiger charge is -2.23. The second kappa shape index (κ2) is 6.55. The molecule has 1 aromatic rings. The van der Waals surface area contributed by atoms with Crippen LogP contribution in [0.4, 0.5) is 4.39 Å². The summed E-state index contributed by atoms with van der Waals surface area (Å²) < 4.78 is 13.4. The Morgan fingerprint density at radius 1 is 1.37 bits per heavy atom. The van der Waals surface area contributed by atoms with Crippen LogP contribution in [0, 0.1) is 12.7 Å². The van der Waals surface area contributed by atoms with Crippen molar-refractivity contribution in [2.24, 2.45) is 10.7 Å². The Hall–Kier alpha value is -1.58. The standard InChI is InChI=1S/C15H22FN3/c1-11-7-8-12(9-14(11)16)10-18-15(17)19-13-5-3-2-4-6-13/h7-9,13H,2-6,10H2,1H3,(H3,17,18,19).